The van der Waals surface area contributed by atoms with Crippen LogP contribution >= 0.6 is 11.6 Å². The summed E-state index contributed by atoms with van der Waals surface area (Å²) in [5.41, 5.74) is 2.10. The van der Waals surface area contributed by atoms with E-state index in [4.69, 9.17) is 21.1 Å². The van der Waals surface area contributed by atoms with Crippen LogP contribution in [0.15, 0.2) is 48.7 Å². The molecule has 0 radical (unpaired) electrons. The predicted octanol–water partition coefficient (Wildman–Crippen LogP) is 5.52. The molecule has 2 heterocycles. The van der Waals surface area contributed by atoms with Crippen molar-refractivity contribution in [2.24, 2.45) is 0 Å². The van der Waals surface area contributed by atoms with Crippen LogP contribution in [-0.4, -0.2) is 60.3 Å². The Labute approximate surface area is 216 Å². The van der Waals surface area contributed by atoms with Crippen molar-refractivity contribution in [1.29, 1.82) is 0 Å². The van der Waals surface area contributed by atoms with Gasteiger partial charge in [0, 0.05) is 41.6 Å². The molecule has 12 heteroatoms. The Morgan fingerprint density at radius 2 is 1.81 bits per heavy atom. The van der Waals surface area contributed by atoms with E-state index in [1.54, 1.807) is 43.6 Å². The van der Waals surface area contributed by atoms with Crippen LogP contribution in [0.5, 0.6) is 11.5 Å². The number of halogens is 4. The summed E-state index contributed by atoms with van der Waals surface area (Å²) in [4.78, 5) is 21.5. The fraction of sp³-hybridized carbons (Fsp3) is 0.320. The van der Waals surface area contributed by atoms with E-state index in [0.717, 1.165) is 10.5 Å². The average Bonchev–Trinajstić information content (AvgIpc) is 2.88. The number of piperidine rings is 1. The maximum atomic E-state index is 12.8. The first kappa shape index (κ1) is 26.3. The monoisotopic (exact) mass is 535 g/mol. The number of aromatic nitrogens is 2. The van der Waals surface area contributed by atoms with Crippen molar-refractivity contribution in [3.63, 3.8) is 0 Å². The number of hydrogen-bond acceptors (Lipinski definition) is 7. The molecule has 0 spiro atoms. The van der Waals surface area contributed by atoms with Crippen LogP contribution in [0, 0.1) is 0 Å². The zero-order chi connectivity index (χ0) is 26.6. The van der Waals surface area contributed by atoms with Crippen LogP contribution in [-0.2, 0) is 4.79 Å². The fourth-order valence-electron chi connectivity index (χ4n) is 4.06. The molecule has 8 nitrogen and oxygen atoms in total. The average molecular weight is 536 g/mol. The van der Waals surface area contributed by atoms with E-state index in [2.05, 4.69) is 20.6 Å². The lowest BCUT2D eigenvalue weighted by molar-refractivity contribution is -0.186. The fourth-order valence-corrected chi connectivity index (χ4v) is 4.25. The topological polar surface area (TPSA) is 88.6 Å². The third-order valence-electron chi connectivity index (χ3n) is 5.93. The molecule has 1 saturated heterocycles. The van der Waals surface area contributed by atoms with E-state index in [1.807, 2.05) is 12.1 Å². The molecule has 0 unspecified atom stereocenters. The first-order valence-electron chi connectivity index (χ1n) is 11.4. The molecular weight excluding hydrogens is 511 g/mol. The van der Waals surface area contributed by atoms with Crippen LogP contribution in [0.3, 0.4) is 0 Å². The lowest BCUT2D eigenvalue weighted by atomic mass is 10.0. The van der Waals surface area contributed by atoms with Gasteiger partial charge in [0.05, 0.1) is 14.2 Å². The van der Waals surface area contributed by atoms with Gasteiger partial charge in [-0.25, -0.2) is 4.98 Å². The van der Waals surface area contributed by atoms with Crippen molar-refractivity contribution in [2.45, 2.75) is 25.1 Å². The molecule has 2 aromatic carbocycles. The summed E-state index contributed by atoms with van der Waals surface area (Å²) in [6, 6.07) is 12.3. The van der Waals surface area contributed by atoms with Gasteiger partial charge in [-0.2, -0.15) is 18.2 Å². The van der Waals surface area contributed by atoms with Crippen molar-refractivity contribution in [2.75, 3.05) is 37.9 Å². The Morgan fingerprint density at radius 1 is 1.08 bits per heavy atom. The van der Waals surface area contributed by atoms with Crippen LogP contribution in [0.25, 0.3) is 11.1 Å². The van der Waals surface area contributed by atoms with Crippen molar-refractivity contribution >= 4 is 35.0 Å². The van der Waals surface area contributed by atoms with E-state index in [0.29, 0.717) is 52.4 Å². The highest BCUT2D eigenvalue weighted by Gasteiger charge is 2.43. The maximum absolute atomic E-state index is 12.8. The Hall–Kier alpha value is -3.73. The zero-order valence-corrected chi connectivity index (χ0v) is 20.9. The number of methoxy groups -OCH3 is 2. The minimum absolute atomic E-state index is 0.0135. The maximum Gasteiger partial charge on any atom is 0.471 e. The number of alkyl halides is 3. The molecule has 2 N–H and O–H groups in total. The van der Waals surface area contributed by atoms with E-state index in [1.165, 1.54) is 7.11 Å². The van der Waals surface area contributed by atoms with Gasteiger partial charge in [0.1, 0.15) is 5.82 Å². The molecule has 0 atom stereocenters. The van der Waals surface area contributed by atoms with Crippen LogP contribution in [0.2, 0.25) is 5.02 Å². The third kappa shape index (κ3) is 6.34. The van der Waals surface area contributed by atoms with E-state index in [9.17, 15) is 18.0 Å². The molecule has 1 aliphatic heterocycles. The van der Waals surface area contributed by atoms with Gasteiger partial charge in [-0.15, -0.1) is 0 Å². The summed E-state index contributed by atoms with van der Waals surface area (Å²) in [5, 5.41) is 7.00. The Bertz CT molecular complexity index is 1270. The number of amides is 1. The Balaban J connectivity index is 1.61. The molecule has 0 aliphatic carbocycles. The van der Waals surface area contributed by atoms with Gasteiger partial charge in [-0.1, -0.05) is 23.7 Å². The summed E-state index contributed by atoms with van der Waals surface area (Å²) >= 11 is 6.08. The highest BCUT2D eigenvalue weighted by Crippen LogP contribution is 2.36. The Morgan fingerprint density at radius 3 is 2.46 bits per heavy atom. The first-order chi connectivity index (χ1) is 17.7. The standard InChI is InChI=1S/C25H25ClF3N5O3/c1-36-20-7-6-15(12-21(20)37-2)19-14-30-24(32-18-5-3-4-16(26)13-18)33-22(19)31-17-8-10-34(11-9-17)23(35)25(27,28)29/h3-7,12-14,17H,8-11H2,1-2H3,(H2,30,31,32,33). The first-order valence-corrected chi connectivity index (χ1v) is 11.8. The summed E-state index contributed by atoms with van der Waals surface area (Å²) in [6.07, 6.45) is -2.58. The quantitative estimate of drug-likeness (QED) is 0.411. The Kier molecular flexibility index (Phi) is 7.91. The highest BCUT2D eigenvalue weighted by atomic mass is 35.5. The smallest absolute Gasteiger partial charge is 0.471 e. The molecule has 0 saturated carbocycles. The molecule has 1 aromatic heterocycles. The minimum Gasteiger partial charge on any atom is -0.493 e. The lowest BCUT2D eigenvalue weighted by Crippen LogP contribution is -2.47. The molecule has 0 bridgehead atoms. The second-order valence-corrected chi connectivity index (χ2v) is 8.81. The third-order valence-corrected chi connectivity index (χ3v) is 6.16. The number of likely N-dealkylation sites (tertiary alicyclic amines) is 1. The summed E-state index contributed by atoms with van der Waals surface area (Å²) in [5.74, 6) is 0.0479. The van der Waals surface area contributed by atoms with Crippen molar-refractivity contribution in [1.82, 2.24) is 14.9 Å². The molecular formula is C25H25ClF3N5O3. The van der Waals surface area contributed by atoms with Crippen LogP contribution in [0.4, 0.5) is 30.6 Å². The molecule has 1 aliphatic rings. The number of nitrogens with one attached hydrogen (secondary N) is 2. The summed E-state index contributed by atoms with van der Waals surface area (Å²) in [7, 11) is 3.07. The van der Waals surface area contributed by atoms with Gasteiger partial charge in [0.15, 0.2) is 11.5 Å². The van der Waals surface area contributed by atoms with Gasteiger partial charge >= 0.3 is 12.1 Å². The lowest BCUT2D eigenvalue weighted by Gasteiger charge is -2.33. The van der Waals surface area contributed by atoms with Gasteiger partial charge in [-0.3, -0.25) is 4.79 Å². The van der Waals surface area contributed by atoms with Gasteiger partial charge in [0.25, 0.3) is 0 Å². The van der Waals surface area contributed by atoms with E-state index >= 15 is 0 Å². The normalized spacial score (nSPS) is 14.3. The number of hydrogen-bond donors (Lipinski definition) is 2. The van der Waals surface area contributed by atoms with Gasteiger partial charge in [0.2, 0.25) is 5.95 Å². The number of rotatable bonds is 7. The zero-order valence-electron chi connectivity index (χ0n) is 20.1. The summed E-state index contributed by atoms with van der Waals surface area (Å²) < 4.78 is 49.2. The number of benzene rings is 2. The van der Waals surface area contributed by atoms with E-state index < -0.39 is 12.1 Å². The molecule has 1 fully saturated rings. The van der Waals surface area contributed by atoms with Crippen LogP contribution in [0.1, 0.15) is 12.8 Å². The number of nitrogens with zero attached hydrogens (tertiary/aromatic N) is 3. The minimum atomic E-state index is -4.88. The molecule has 4 rings (SSSR count). The van der Waals surface area contributed by atoms with Crippen molar-refractivity contribution in [3.8, 4) is 22.6 Å². The molecule has 196 valence electrons. The molecule has 37 heavy (non-hydrogen) atoms. The van der Waals surface area contributed by atoms with Crippen molar-refractivity contribution < 1.29 is 27.4 Å². The number of anilines is 3. The van der Waals surface area contributed by atoms with Gasteiger partial charge in [-0.05, 0) is 48.7 Å². The largest absolute Gasteiger partial charge is 0.493 e. The number of ether oxygens (including phenoxy) is 2. The van der Waals surface area contributed by atoms with Crippen molar-refractivity contribution in [3.05, 3.63) is 53.7 Å². The second kappa shape index (κ2) is 11.1. The predicted molar refractivity (Wildman–Crippen MR) is 135 cm³/mol. The molecule has 3 aromatic rings. The molecule has 1 amide bonds. The number of carbonyl (C=O) groups is 1. The van der Waals surface area contributed by atoms with Crippen LogP contribution < -0.4 is 20.1 Å². The SMILES string of the molecule is COc1ccc(-c2cnc(Nc3cccc(Cl)c3)nc2NC2CCN(C(=O)C(F)(F)F)CC2)cc1OC. The highest BCUT2D eigenvalue weighted by molar-refractivity contribution is 6.30. The van der Waals surface area contributed by atoms with E-state index in [-0.39, 0.29) is 19.1 Å². The van der Waals surface area contributed by atoms with Gasteiger partial charge < -0.3 is 25.0 Å². The summed E-state index contributed by atoms with van der Waals surface area (Å²) in [6.45, 7) is -0.0270. The number of carbonyl (C=O) groups excluding carboxylic acids is 1. The second-order valence-electron chi connectivity index (χ2n) is 8.37.